The SMILES string of the molecule is Cc1ccc2c(Cn3nnc(-c4ccccc4)n3)cc(=O)oc2c1. The molecule has 0 unspecified atom stereocenters. The Bertz CT molecular complexity index is 1070. The van der Waals surface area contributed by atoms with Crippen LogP contribution in [0.3, 0.4) is 0 Å². The number of tetrazole rings is 1. The van der Waals surface area contributed by atoms with Crippen molar-refractivity contribution in [1.29, 1.82) is 0 Å². The summed E-state index contributed by atoms with van der Waals surface area (Å²) in [6, 6.07) is 16.9. The first kappa shape index (κ1) is 14.3. The van der Waals surface area contributed by atoms with Crippen molar-refractivity contribution < 1.29 is 4.42 Å². The third kappa shape index (κ3) is 2.69. The Kier molecular flexibility index (Phi) is 3.42. The lowest BCUT2D eigenvalue weighted by molar-refractivity contribution is 0.545. The summed E-state index contributed by atoms with van der Waals surface area (Å²) < 4.78 is 5.27. The van der Waals surface area contributed by atoms with Crippen molar-refractivity contribution in [1.82, 2.24) is 20.2 Å². The first-order valence-electron chi connectivity index (χ1n) is 7.56. The number of rotatable bonds is 3. The highest BCUT2D eigenvalue weighted by molar-refractivity contribution is 5.80. The third-order valence-corrected chi connectivity index (χ3v) is 3.78. The van der Waals surface area contributed by atoms with Gasteiger partial charge in [-0.3, -0.25) is 0 Å². The van der Waals surface area contributed by atoms with E-state index in [1.54, 1.807) is 0 Å². The number of fused-ring (bicyclic) bond motifs is 1. The number of aryl methyl sites for hydroxylation is 1. The number of hydrogen-bond acceptors (Lipinski definition) is 5. The van der Waals surface area contributed by atoms with Crippen LogP contribution in [0.1, 0.15) is 11.1 Å². The Morgan fingerprint density at radius 1 is 1.08 bits per heavy atom. The third-order valence-electron chi connectivity index (χ3n) is 3.78. The van der Waals surface area contributed by atoms with Gasteiger partial charge in [0.2, 0.25) is 5.82 Å². The van der Waals surface area contributed by atoms with Crippen molar-refractivity contribution in [3.05, 3.63) is 76.1 Å². The summed E-state index contributed by atoms with van der Waals surface area (Å²) in [7, 11) is 0. The average Bonchev–Trinajstić information content (AvgIpc) is 3.03. The van der Waals surface area contributed by atoms with Crippen molar-refractivity contribution in [2.75, 3.05) is 0 Å². The molecule has 0 spiro atoms. The number of aromatic nitrogens is 4. The van der Waals surface area contributed by atoms with Gasteiger partial charge in [0.1, 0.15) is 5.58 Å². The smallest absolute Gasteiger partial charge is 0.336 e. The number of benzene rings is 2. The molecule has 6 heteroatoms. The molecule has 4 rings (SSSR count). The van der Waals surface area contributed by atoms with Crippen molar-refractivity contribution in [2.24, 2.45) is 0 Å². The molecule has 0 fully saturated rings. The maximum Gasteiger partial charge on any atom is 0.336 e. The number of nitrogens with zero attached hydrogens (tertiary/aromatic N) is 4. The zero-order valence-electron chi connectivity index (χ0n) is 13.0. The minimum Gasteiger partial charge on any atom is -0.423 e. The van der Waals surface area contributed by atoms with E-state index in [0.29, 0.717) is 18.0 Å². The van der Waals surface area contributed by atoms with Gasteiger partial charge in [0, 0.05) is 17.0 Å². The van der Waals surface area contributed by atoms with E-state index in [2.05, 4.69) is 15.4 Å². The molecule has 0 aliphatic carbocycles. The Hall–Kier alpha value is -3.28. The van der Waals surface area contributed by atoms with Gasteiger partial charge in [-0.25, -0.2) is 4.79 Å². The van der Waals surface area contributed by atoms with Crippen LogP contribution in [-0.2, 0) is 6.54 Å². The van der Waals surface area contributed by atoms with Crippen LogP contribution >= 0.6 is 0 Å². The van der Waals surface area contributed by atoms with Gasteiger partial charge in [0.05, 0.1) is 6.54 Å². The molecule has 4 aromatic rings. The maximum absolute atomic E-state index is 11.8. The van der Waals surface area contributed by atoms with E-state index in [1.807, 2.05) is 55.5 Å². The van der Waals surface area contributed by atoms with Gasteiger partial charge in [-0.1, -0.05) is 42.5 Å². The van der Waals surface area contributed by atoms with Gasteiger partial charge in [-0.05, 0) is 29.3 Å². The zero-order valence-corrected chi connectivity index (χ0v) is 13.0. The van der Waals surface area contributed by atoms with Crippen molar-refractivity contribution >= 4 is 11.0 Å². The predicted molar refractivity (Wildman–Crippen MR) is 89.6 cm³/mol. The highest BCUT2D eigenvalue weighted by Gasteiger charge is 2.10. The first-order chi connectivity index (χ1) is 11.7. The van der Waals surface area contributed by atoms with Crippen LogP contribution in [0.25, 0.3) is 22.4 Å². The van der Waals surface area contributed by atoms with Gasteiger partial charge >= 0.3 is 5.63 Å². The lowest BCUT2D eigenvalue weighted by Crippen LogP contribution is -2.08. The standard InChI is InChI=1S/C18H14N4O2/c1-12-7-8-15-14(10-17(23)24-16(15)9-12)11-22-20-18(19-21-22)13-5-3-2-4-6-13/h2-10H,11H2,1H3. The molecule has 2 aromatic heterocycles. The molecule has 0 aliphatic heterocycles. The summed E-state index contributed by atoms with van der Waals surface area (Å²) in [5.41, 5.74) is 2.93. The van der Waals surface area contributed by atoms with Crippen molar-refractivity contribution in [3.8, 4) is 11.4 Å². The number of hydrogen-bond donors (Lipinski definition) is 0. The molecule has 0 saturated heterocycles. The summed E-state index contributed by atoms with van der Waals surface area (Å²) in [5, 5.41) is 13.4. The van der Waals surface area contributed by atoms with E-state index in [9.17, 15) is 4.79 Å². The lowest BCUT2D eigenvalue weighted by Gasteiger charge is -2.05. The van der Waals surface area contributed by atoms with Gasteiger partial charge in [0.15, 0.2) is 0 Å². The molecule has 24 heavy (non-hydrogen) atoms. The van der Waals surface area contributed by atoms with Crippen molar-refractivity contribution in [2.45, 2.75) is 13.5 Å². The molecule has 2 aromatic carbocycles. The van der Waals surface area contributed by atoms with Crippen LogP contribution < -0.4 is 5.63 Å². The fourth-order valence-corrected chi connectivity index (χ4v) is 2.63. The summed E-state index contributed by atoms with van der Waals surface area (Å²) in [6.45, 7) is 2.31. The summed E-state index contributed by atoms with van der Waals surface area (Å²) in [5.74, 6) is 0.554. The van der Waals surface area contributed by atoms with E-state index >= 15 is 0 Å². The van der Waals surface area contributed by atoms with E-state index in [-0.39, 0.29) is 5.63 Å². The molecule has 0 bridgehead atoms. The predicted octanol–water partition coefficient (Wildman–Crippen LogP) is 2.80. The fraction of sp³-hybridized carbons (Fsp3) is 0.111. The van der Waals surface area contributed by atoms with E-state index < -0.39 is 0 Å². The highest BCUT2D eigenvalue weighted by Crippen LogP contribution is 2.19. The summed E-state index contributed by atoms with van der Waals surface area (Å²) in [4.78, 5) is 13.3. The molecular weight excluding hydrogens is 304 g/mol. The molecule has 0 radical (unpaired) electrons. The fourth-order valence-electron chi connectivity index (χ4n) is 2.63. The van der Waals surface area contributed by atoms with Crippen LogP contribution in [0, 0.1) is 6.92 Å². The van der Waals surface area contributed by atoms with E-state index in [1.165, 1.54) is 10.9 Å². The Morgan fingerprint density at radius 3 is 2.75 bits per heavy atom. The Balaban J connectivity index is 1.73. The minimum absolute atomic E-state index is 0.352. The van der Waals surface area contributed by atoms with Crippen LogP contribution in [-0.4, -0.2) is 20.2 Å². The Labute approximate surface area is 137 Å². The van der Waals surface area contributed by atoms with Crippen molar-refractivity contribution in [3.63, 3.8) is 0 Å². The van der Waals surface area contributed by atoms with Gasteiger partial charge in [0.25, 0.3) is 0 Å². The second kappa shape index (κ2) is 5.73. The Morgan fingerprint density at radius 2 is 1.92 bits per heavy atom. The van der Waals surface area contributed by atoms with Gasteiger partial charge in [-0.2, -0.15) is 4.80 Å². The van der Waals surface area contributed by atoms with Crippen LogP contribution in [0.15, 0.2) is 63.8 Å². The topological polar surface area (TPSA) is 73.8 Å². The molecule has 0 aliphatic rings. The molecule has 0 saturated carbocycles. The van der Waals surface area contributed by atoms with E-state index in [4.69, 9.17) is 4.42 Å². The van der Waals surface area contributed by atoms with Crippen LogP contribution in [0.2, 0.25) is 0 Å². The molecule has 0 N–H and O–H groups in total. The average molecular weight is 318 g/mol. The molecule has 0 amide bonds. The van der Waals surface area contributed by atoms with Crippen LogP contribution in [0.4, 0.5) is 0 Å². The largest absolute Gasteiger partial charge is 0.423 e. The molecule has 0 atom stereocenters. The van der Waals surface area contributed by atoms with Gasteiger partial charge in [-0.15, -0.1) is 10.2 Å². The van der Waals surface area contributed by atoms with Crippen LogP contribution in [0.5, 0.6) is 0 Å². The second-order valence-corrected chi connectivity index (χ2v) is 5.60. The van der Waals surface area contributed by atoms with Gasteiger partial charge < -0.3 is 4.42 Å². The lowest BCUT2D eigenvalue weighted by atomic mass is 10.1. The first-order valence-corrected chi connectivity index (χ1v) is 7.56. The second-order valence-electron chi connectivity index (χ2n) is 5.60. The molecule has 2 heterocycles. The quantitative estimate of drug-likeness (QED) is 0.543. The normalized spacial score (nSPS) is 11.0. The zero-order chi connectivity index (χ0) is 16.5. The monoisotopic (exact) mass is 318 g/mol. The maximum atomic E-state index is 11.8. The van der Waals surface area contributed by atoms with E-state index in [0.717, 1.165) is 22.1 Å². The minimum atomic E-state index is -0.383. The molecule has 6 nitrogen and oxygen atoms in total. The highest BCUT2D eigenvalue weighted by atomic mass is 16.4. The summed E-state index contributed by atoms with van der Waals surface area (Å²) >= 11 is 0. The molecule has 118 valence electrons. The summed E-state index contributed by atoms with van der Waals surface area (Å²) in [6.07, 6.45) is 0. The molecular formula is C18H14N4O2.